The van der Waals surface area contributed by atoms with Gasteiger partial charge in [0.1, 0.15) is 5.69 Å². The van der Waals surface area contributed by atoms with E-state index >= 15 is 0 Å². The smallest absolute Gasteiger partial charge is 0.269 e. The quantitative estimate of drug-likeness (QED) is 0.665. The molecule has 1 aromatic heterocycles. The first kappa shape index (κ1) is 15.2. The molecule has 1 heterocycles. The van der Waals surface area contributed by atoms with Crippen molar-refractivity contribution in [2.75, 3.05) is 26.8 Å². The molecule has 0 saturated heterocycles. The van der Waals surface area contributed by atoms with Crippen LogP contribution in [0.2, 0.25) is 0 Å². The molecular weight excluding hydrogens is 248 g/mol. The molecule has 2 N–H and O–H groups in total. The van der Waals surface area contributed by atoms with Gasteiger partial charge in [-0.25, -0.2) is 0 Å². The molecule has 2 amide bonds. The van der Waals surface area contributed by atoms with Crippen molar-refractivity contribution in [2.45, 2.75) is 20.4 Å². The maximum Gasteiger partial charge on any atom is 0.269 e. The molecule has 0 atom stereocenters. The Balaban J connectivity index is 2.44. The fourth-order valence-corrected chi connectivity index (χ4v) is 1.58. The molecule has 0 spiro atoms. The normalized spacial score (nSPS) is 10.3. The van der Waals surface area contributed by atoms with Crippen LogP contribution in [-0.2, 0) is 16.1 Å². The zero-order chi connectivity index (χ0) is 14.3. The number of aromatic nitrogens is 2. The minimum Gasteiger partial charge on any atom is -0.383 e. The lowest BCUT2D eigenvalue weighted by Crippen LogP contribution is -2.38. The zero-order valence-electron chi connectivity index (χ0n) is 11.5. The summed E-state index contributed by atoms with van der Waals surface area (Å²) in [6.07, 6.45) is 0. The Morgan fingerprint density at radius 3 is 2.79 bits per heavy atom. The van der Waals surface area contributed by atoms with Crippen LogP contribution >= 0.6 is 0 Å². The molecule has 0 saturated carbocycles. The largest absolute Gasteiger partial charge is 0.383 e. The predicted octanol–water partition coefficient (Wildman–Crippen LogP) is -0.296. The molecule has 0 radical (unpaired) electrons. The molecule has 0 aliphatic rings. The summed E-state index contributed by atoms with van der Waals surface area (Å²) in [4.78, 5) is 23.3. The summed E-state index contributed by atoms with van der Waals surface area (Å²) >= 11 is 0. The lowest BCUT2D eigenvalue weighted by Gasteiger charge is -2.07. The molecule has 0 aliphatic carbocycles. The first-order valence-electron chi connectivity index (χ1n) is 6.16. The first-order valence-corrected chi connectivity index (χ1v) is 6.16. The summed E-state index contributed by atoms with van der Waals surface area (Å²) in [7, 11) is 1.56. The molecule has 7 heteroatoms. The highest BCUT2D eigenvalue weighted by Gasteiger charge is 2.13. The number of nitrogens with zero attached hydrogens (tertiary/aromatic N) is 2. The van der Waals surface area contributed by atoms with Gasteiger partial charge in [0.2, 0.25) is 5.91 Å². The van der Waals surface area contributed by atoms with Gasteiger partial charge in [0.15, 0.2) is 0 Å². The van der Waals surface area contributed by atoms with Crippen LogP contribution in [0.4, 0.5) is 0 Å². The van der Waals surface area contributed by atoms with Crippen LogP contribution in [0.15, 0.2) is 6.07 Å². The lowest BCUT2D eigenvalue weighted by atomic mass is 10.3. The Kier molecular flexibility index (Phi) is 6.01. The SMILES string of the molecule is CCn1nc(C)cc1C(=O)NCC(=O)NCCOC. The van der Waals surface area contributed by atoms with Gasteiger partial charge in [-0.05, 0) is 19.9 Å². The van der Waals surface area contributed by atoms with Crippen molar-refractivity contribution in [3.05, 3.63) is 17.5 Å². The number of amides is 2. The number of carbonyl (C=O) groups excluding carboxylic acids is 2. The Hall–Kier alpha value is -1.89. The van der Waals surface area contributed by atoms with E-state index in [0.717, 1.165) is 5.69 Å². The van der Waals surface area contributed by atoms with E-state index in [4.69, 9.17) is 4.74 Å². The van der Waals surface area contributed by atoms with Gasteiger partial charge in [0.05, 0.1) is 18.8 Å². The summed E-state index contributed by atoms with van der Waals surface area (Å²) in [5.74, 6) is -0.547. The van der Waals surface area contributed by atoms with Gasteiger partial charge < -0.3 is 15.4 Å². The van der Waals surface area contributed by atoms with Gasteiger partial charge in [-0.15, -0.1) is 0 Å². The molecule has 0 unspecified atom stereocenters. The van der Waals surface area contributed by atoms with Crippen molar-refractivity contribution in [3.63, 3.8) is 0 Å². The highest BCUT2D eigenvalue weighted by atomic mass is 16.5. The zero-order valence-corrected chi connectivity index (χ0v) is 11.5. The molecule has 0 aromatic carbocycles. The summed E-state index contributed by atoms with van der Waals surface area (Å²) in [5, 5.41) is 9.36. The fraction of sp³-hybridized carbons (Fsp3) is 0.583. The van der Waals surface area contributed by atoms with Crippen molar-refractivity contribution in [1.29, 1.82) is 0 Å². The van der Waals surface area contributed by atoms with Crippen LogP contribution in [0.3, 0.4) is 0 Å². The first-order chi connectivity index (χ1) is 9.08. The number of methoxy groups -OCH3 is 1. The van der Waals surface area contributed by atoms with E-state index in [2.05, 4.69) is 15.7 Å². The summed E-state index contributed by atoms with van der Waals surface area (Å²) in [6, 6.07) is 1.70. The third kappa shape index (κ3) is 4.70. The average Bonchev–Trinajstić information content (AvgIpc) is 2.77. The highest BCUT2D eigenvalue weighted by molar-refractivity contribution is 5.95. The molecule has 0 bridgehead atoms. The second kappa shape index (κ2) is 7.52. The number of rotatable bonds is 7. The van der Waals surface area contributed by atoms with Crippen molar-refractivity contribution < 1.29 is 14.3 Å². The van der Waals surface area contributed by atoms with Gasteiger partial charge in [-0.2, -0.15) is 5.10 Å². The Morgan fingerprint density at radius 2 is 2.16 bits per heavy atom. The Labute approximate surface area is 112 Å². The number of carbonyl (C=O) groups is 2. The van der Waals surface area contributed by atoms with E-state index in [0.29, 0.717) is 25.4 Å². The van der Waals surface area contributed by atoms with Crippen molar-refractivity contribution in [3.8, 4) is 0 Å². The number of nitrogens with one attached hydrogen (secondary N) is 2. The molecule has 1 rings (SSSR count). The van der Waals surface area contributed by atoms with Gasteiger partial charge in [0.25, 0.3) is 5.91 Å². The van der Waals surface area contributed by atoms with Gasteiger partial charge >= 0.3 is 0 Å². The van der Waals surface area contributed by atoms with Crippen molar-refractivity contribution >= 4 is 11.8 Å². The topological polar surface area (TPSA) is 85.2 Å². The van der Waals surface area contributed by atoms with Crippen LogP contribution in [0.1, 0.15) is 23.1 Å². The third-order valence-electron chi connectivity index (χ3n) is 2.47. The summed E-state index contributed by atoms with van der Waals surface area (Å²) < 4.78 is 6.41. The number of hydrogen-bond donors (Lipinski definition) is 2. The fourth-order valence-electron chi connectivity index (χ4n) is 1.58. The minimum atomic E-state index is -0.302. The summed E-state index contributed by atoms with van der Waals surface area (Å²) in [6.45, 7) is 5.15. The number of ether oxygens (including phenoxy) is 1. The summed E-state index contributed by atoms with van der Waals surface area (Å²) in [5.41, 5.74) is 1.24. The van der Waals surface area contributed by atoms with Gasteiger partial charge in [-0.3, -0.25) is 14.3 Å². The van der Waals surface area contributed by atoms with E-state index < -0.39 is 0 Å². The van der Waals surface area contributed by atoms with E-state index in [1.54, 1.807) is 17.9 Å². The number of hydrogen-bond acceptors (Lipinski definition) is 4. The maximum atomic E-state index is 11.9. The molecule has 7 nitrogen and oxygen atoms in total. The second-order valence-electron chi connectivity index (χ2n) is 4.01. The van der Waals surface area contributed by atoms with Crippen LogP contribution in [0.25, 0.3) is 0 Å². The minimum absolute atomic E-state index is 0.0590. The highest BCUT2D eigenvalue weighted by Crippen LogP contribution is 2.03. The third-order valence-corrected chi connectivity index (χ3v) is 2.47. The van der Waals surface area contributed by atoms with E-state index in [1.165, 1.54) is 0 Å². The van der Waals surface area contributed by atoms with Crippen LogP contribution < -0.4 is 10.6 Å². The molecule has 0 aliphatic heterocycles. The van der Waals surface area contributed by atoms with Crippen LogP contribution in [0.5, 0.6) is 0 Å². The average molecular weight is 268 g/mol. The van der Waals surface area contributed by atoms with Crippen molar-refractivity contribution in [2.24, 2.45) is 0 Å². The van der Waals surface area contributed by atoms with Crippen molar-refractivity contribution in [1.82, 2.24) is 20.4 Å². The second-order valence-corrected chi connectivity index (χ2v) is 4.01. The van der Waals surface area contributed by atoms with Crippen LogP contribution in [0, 0.1) is 6.92 Å². The predicted molar refractivity (Wildman–Crippen MR) is 69.9 cm³/mol. The monoisotopic (exact) mass is 268 g/mol. The standard InChI is InChI=1S/C12H20N4O3/c1-4-16-10(7-9(2)15-16)12(18)14-8-11(17)13-5-6-19-3/h7H,4-6,8H2,1-3H3,(H,13,17)(H,14,18). The molecule has 19 heavy (non-hydrogen) atoms. The van der Waals surface area contributed by atoms with Crippen LogP contribution in [-0.4, -0.2) is 48.4 Å². The van der Waals surface area contributed by atoms with Gasteiger partial charge in [-0.1, -0.05) is 0 Å². The van der Waals surface area contributed by atoms with E-state index in [9.17, 15) is 9.59 Å². The number of aryl methyl sites for hydroxylation is 2. The lowest BCUT2D eigenvalue weighted by molar-refractivity contribution is -0.120. The van der Waals surface area contributed by atoms with E-state index in [1.807, 2.05) is 13.8 Å². The van der Waals surface area contributed by atoms with Gasteiger partial charge in [0, 0.05) is 20.2 Å². The molecule has 106 valence electrons. The molecule has 1 aromatic rings. The molecule has 0 fully saturated rings. The Bertz CT molecular complexity index is 442. The Morgan fingerprint density at radius 1 is 1.42 bits per heavy atom. The van der Waals surface area contributed by atoms with E-state index in [-0.39, 0.29) is 18.4 Å². The maximum absolute atomic E-state index is 11.9. The molecular formula is C12H20N4O3.